The molecular formula is C25H29NO4. The van der Waals surface area contributed by atoms with Crippen molar-refractivity contribution in [2.24, 2.45) is 17.8 Å². The van der Waals surface area contributed by atoms with Crippen LogP contribution in [0.4, 0.5) is 0 Å². The van der Waals surface area contributed by atoms with Gasteiger partial charge in [0, 0.05) is 11.8 Å². The molecule has 0 bridgehead atoms. The summed E-state index contributed by atoms with van der Waals surface area (Å²) in [7, 11) is 0. The fraction of sp³-hybridized carbons (Fsp3) is 0.440. The van der Waals surface area contributed by atoms with Crippen LogP contribution in [0.25, 0.3) is 17.2 Å². The smallest absolute Gasteiger partial charge is 0.338 e. The van der Waals surface area contributed by atoms with Crippen LogP contribution >= 0.6 is 0 Å². The van der Waals surface area contributed by atoms with Crippen LogP contribution in [0, 0.1) is 17.8 Å². The van der Waals surface area contributed by atoms with Gasteiger partial charge < -0.3 is 14.9 Å². The third-order valence-electron chi connectivity index (χ3n) is 6.90. The lowest BCUT2D eigenvalue weighted by Gasteiger charge is -2.51. The van der Waals surface area contributed by atoms with Gasteiger partial charge in [0.2, 0.25) is 0 Å². The first-order chi connectivity index (χ1) is 14.3. The van der Waals surface area contributed by atoms with Gasteiger partial charge in [-0.1, -0.05) is 56.3 Å². The summed E-state index contributed by atoms with van der Waals surface area (Å²) < 4.78 is 5.37. The highest BCUT2D eigenvalue weighted by molar-refractivity contribution is 5.83. The van der Waals surface area contributed by atoms with Crippen LogP contribution in [0.5, 0.6) is 0 Å². The van der Waals surface area contributed by atoms with Gasteiger partial charge in [-0.05, 0) is 49.3 Å². The maximum absolute atomic E-state index is 12.4. The second kappa shape index (κ2) is 7.64. The molecule has 6 atom stereocenters. The molecule has 0 spiro atoms. The number of hydrogen-bond acceptors (Lipinski definition) is 5. The van der Waals surface area contributed by atoms with E-state index in [2.05, 4.69) is 4.98 Å². The van der Waals surface area contributed by atoms with Crippen LogP contribution in [-0.2, 0) is 9.53 Å². The highest BCUT2D eigenvalue weighted by Gasteiger charge is 2.67. The SMILES string of the molecule is CC[C@@H]1[C@@H](C)C[C@@]2(O)C(=O)O[C@H](C)[C@H]2[C@@]1(O)C=Cc1ccc(-c2ccccc2)cn1. The minimum Gasteiger partial charge on any atom is -0.460 e. The number of benzene rings is 1. The number of ether oxygens (including phenoxy) is 1. The molecule has 5 nitrogen and oxygen atoms in total. The lowest BCUT2D eigenvalue weighted by Crippen LogP contribution is -2.63. The molecule has 1 saturated heterocycles. The molecule has 2 aromatic rings. The third kappa shape index (κ3) is 3.26. The highest BCUT2D eigenvalue weighted by atomic mass is 16.6. The Balaban J connectivity index is 1.66. The predicted molar refractivity (Wildman–Crippen MR) is 115 cm³/mol. The molecule has 158 valence electrons. The van der Waals surface area contributed by atoms with Gasteiger partial charge in [0.25, 0.3) is 0 Å². The summed E-state index contributed by atoms with van der Waals surface area (Å²) in [6.45, 7) is 5.75. The Hall–Kier alpha value is -2.50. The summed E-state index contributed by atoms with van der Waals surface area (Å²) >= 11 is 0. The Labute approximate surface area is 177 Å². The summed E-state index contributed by atoms with van der Waals surface area (Å²) in [6, 6.07) is 13.9. The number of nitrogens with zero attached hydrogens (tertiary/aromatic N) is 1. The van der Waals surface area contributed by atoms with E-state index < -0.39 is 29.2 Å². The van der Waals surface area contributed by atoms with Gasteiger partial charge in [0.15, 0.2) is 5.60 Å². The normalized spacial score (nSPS) is 36.0. The van der Waals surface area contributed by atoms with E-state index in [4.69, 9.17) is 4.74 Å². The quantitative estimate of drug-likeness (QED) is 0.753. The number of aliphatic hydroxyl groups is 2. The van der Waals surface area contributed by atoms with E-state index in [9.17, 15) is 15.0 Å². The molecular weight excluding hydrogens is 378 g/mol. The van der Waals surface area contributed by atoms with Crippen molar-refractivity contribution in [1.82, 2.24) is 4.98 Å². The number of fused-ring (bicyclic) bond motifs is 1. The lowest BCUT2D eigenvalue weighted by atomic mass is 9.56. The van der Waals surface area contributed by atoms with Gasteiger partial charge in [0.1, 0.15) is 6.10 Å². The number of hydrogen-bond donors (Lipinski definition) is 2. The summed E-state index contributed by atoms with van der Waals surface area (Å²) in [6.07, 6.45) is 5.78. The van der Waals surface area contributed by atoms with Crippen LogP contribution in [0.2, 0.25) is 0 Å². The maximum Gasteiger partial charge on any atom is 0.338 e. The maximum atomic E-state index is 12.4. The monoisotopic (exact) mass is 407 g/mol. The number of cyclic esters (lactones) is 1. The van der Waals surface area contributed by atoms with E-state index in [-0.39, 0.29) is 11.8 Å². The zero-order valence-electron chi connectivity index (χ0n) is 17.7. The standard InChI is InChI=1S/C25H29NO4/c1-4-21-16(2)14-25(29)22(17(3)30-23(25)27)24(21,28)13-12-20-11-10-19(15-26-20)18-8-6-5-7-9-18/h5-13,15-17,21-22,28-29H,4,14H2,1-3H3/t16-,17+,21+,22-,24+,25-/m0/s1. The number of aromatic nitrogens is 1. The van der Waals surface area contributed by atoms with Gasteiger partial charge in [0.05, 0.1) is 17.2 Å². The van der Waals surface area contributed by atoms with Crippen molar-refractivity contribution in [2.45, 2.75) is 50.9 Å². The number of carbonyl (C=O) groups is 1. The largest absolute Gasteiger partial charge is 0.460 e. The van der Waals surface area contributed by atoms with Gasteiger partial charge >= 0.3 is 5.97 Å². The molecule has 2 N–H and O–H groups in total. The number of rotatable bonds is 4. The lowest BCUT2D eigenvalue weighted by molar-refractivity contribution is -0.180. The molecule has 0 radical (unpaired) electrons. The summed E-state index contributed by atoms with van der Waals surface area (Å²) in [5.74, 6) is -1.46. The summed E-state index contributed by atoms with van der Waals surface area (Å²) in [5.41, 5.74) is -0.216. The van der Waals surface area contributed by atoms with E-state index in [1.807, 2.05) is 56.3 Å². The van der Waals surface area contributed by atoms with E-state index >= 15 is 0 Å². The van der Waals surface area contributed by atoms with Crippen molar-refractivity contribution >= 4 is 12.0 Å². The van der Waals surface area contributed by atoms with Crippen molar-refractivity contribution < 1.29 is 19.7 Å². The van der Waals surface area contributed by atoms with Crippen LogP contribution in [0.15, 0.2) is 54.7 Å². The van der Waals surface area contributed by atoms with Gasteiger partial charge in [-0.15, -0.1) is 0 Å². The minimum atomic E-state index is -1.66. The van der Waals surface area contributed by atoms with Crippen molar-refractivity contribution in [3.05, 3.63) is 60.4 Å². The molecule has 5 heteroatoms. The molecule has 2 aliphatic rings. The Kier molecular flexibility index (Phi) is 5.28. The van der Waals surface area contributed by atoms with Crippen LogP contribution in [-0.4, -0.2) is 38.5 Å². The van der Waals surface area contributed by atoms with Crippen LogP contribution in [0.1, 0.15) is 39.3 Å². The molecule has 4 rings (SSSR count). The predicted octanol–water partition coefficient (Wildman–Crippen LogP) is 3.85. The minimum absolute atomic E-state index is 0.0304. The average molecular weight is 408 g/mol. The van der Waals surface area contributed by atoms with Crippen molar-refractivity contribution in [1.29, 1.82) is 0 Å². The fourth-order valence-corrected chi connectivity index (χ4v) is 5.62. The first-order valence-corrected chi connectivity index (χ1v) is 10.7. The Bertz CT molecular complexity index is 941. The number of esters is 1. The van der Waals surface area contributed by atoms with Gasteiger partial charge in [-0.25, -0.2) is 4.79 Å². The van der Waals surface area contributed by atoms with Crippen LogP contribution < -0.4 is 0 Å². The first kappa shape index (κ1) is 20.8. The zero-order valence-corrected chi connectivity index (χ0v) is 17.7. The Morgan fingerprint density at radius 2 is 1.87 bits per heavy atom. The van der Waals surface area contributed by atoms with Crippen molar-refractivity contribution in [3.8, 4) is 11.1 Å². The highest BCUT2D eigenvalue weighted by Crippen LogP contribution is 2.54. The Morgan fingerprint density at radius 1 is 1.13 bits per heavy atom. The zero-order chi connectivity index (χ0) is 21.5. The number of pyridine rings is 1. The van der Waals surface area contributed by atoms with E-state index in [1.165, 1.54) is 0 Å². The molecule has 1 aliphatic carbocycles. The molecule has 1 saturated carbocycles. The summed E-state index contributed by atoms with van der Waals surface area (Å²) in [4.78, 5) is 16.9. The average Bonchev–Trinajstić information content (AvgIpc) is 2.96. The second-order valence-corrected chi connectivity index (χ2v) is 8.77. The van der Waals surface area contributed by atoms with Gasteiger partial charge in [-0.2, -0.15) is 0 Å². The summed E-state index contributed by atoms with van der Waals surface area (Å²) in [5, 5.41) is 23.0. The molecule has 30 heavy (non-hydrogen) atoms. The van der Waals surface area contributed by atoms with Crippen molar-refractivity contribution in [2.75, 3.05) is 0 Å². The third-order valence-corrected chi connectivity index (χ3v) is 6.90. The molecule has 2 fully saturated rings. The number of carbonyl (C=O) groups excluding carboxylic acids is 1. The molecule has 0 amide bonds. The molecule has 2 heterocycles. The van der Waals surface area contributed by atoms with Crippen LogP contribution in [0.3, 0.4) is 0 Å². The first-order valence-electron chi connectivity index (χ1n) is 10.7. The molecule has 1 aliphatic heterocycles. The van der Waals surface area contributed by atoms with E-state index in [0.717, 1.165) is 17.5 Å². The molecule has 1 aromatic heterocycles. The fourth-order valence-electron chi connectivity index (χ4n) is 5.62. The van der Waals surface area contributed by atoms with E-state index in [0.29, 0.717) is 12.1 Å². The molecule has 0 unspecified atom stereocenters. The molecule has 1 aromatic carbocycles. The van der Waals surface area contributed by atoms with E-state index in [1.54, 1.807) is 25.3 Å². The van der Waals surface area contributed by atoms with Gasteiger partial charge in [-0.3, -0.25) is 4.98 Å². The topological polar surface area (TPSA) is 79.7 Å². The second-order valence-electron chi connectivity index (χ2n) is 8.77. The Morgan fingerprint density at radius 3 is 2.50 bits per heavy atom. The van der Waals surface area contributed by atoms with Crippen molar-refractivity contribution in [3.63, 3.8) is 0 Å².